The highest BCUT2D eigenvalue weighted by molar-refractivity contribution is 7.81. The summed E-state index contributed by atoms with van der Waals surface area (Å²) >= 11 is 5.61. The first-order valence-electron chi connectivity index (χ1n) is 20.1. The van der Waals surface area contributed by atoms with Crippen molar-refractivity contribution in [3.8, 4) is 6.07 Å². The van der Waals surface area contributed by atoms with E-state index in [2.05, 4.69) is 20.7 Å². The maximum atomic E-state index is 15.8. The zero-order valence-corrected chi connectivity index (χ0v) is 34.5. The number of piperazine rings is 1. The molecule has 1 aromatic heterocycles. The van der Waals surface area contributed by atoms with E-state index in [0.29, 0.717) is 73.5 Å². The van der Waals surface area contributed by atoms with Crippen LogP contribution >= 0.6 is 12.2 Å². The second-order valence-corrected chi connectivity index (χ2v) is 16.4. The van der Waals surface area contributed by atoms with Crippen LogP contribution in [0.5, 0.6) is 0 Å². The summed E-state index contributed by atoms with van der Waals surface area (Å²) in [4.78, 5) is 57.7. The molecule has 4 amide bonds. The van der Waals surface area contributed by atoms with Gasteiger partial charge in [0.05, 0.1) is 39.9 Å². The number of fused-ring (bicyclic) bond motifs is 3. The first-order chi connectivity index (χ1) is 29.6. The number of halogens is 4. The molecule has 1 unspecified atom stereocenters. The summed E-state index contributed by atoms with van der Waals surface area (Å²) < 4.78 is 62.6. The Morgan fingerprint density at radius 3 is 2.47 bits per heavy atom. The third kappa shape index (κ3) is 7.82. The van der Waals surface area contributed by atoms with Crippen molar-refractivity contribution in [1.82, 2.24) is 15.4 Å². The summed E-state index contributed by atoms with van der Waals surface area (Å²) in [5, 5.41) is 20.9. The molecule has 4 aromatic carbocycles. The van der Waals surface area contributed by atoms with Gasteiger partial charge in [-0.3, -0.25) is 34.3 Å². The van der Waals surface area contributed by atoms with Crippen LogP contribution in [0.25, 0.3) is 21.7 Å². The second-order valence-electron chi connectivity index (χ2n) is 16.0. The molecule has 0 saturated carbocycles. The number of hydrogen-bond donors (Lipinski definition) is 2. The number of unbranched alkanes of at least 4 members (excludes halogenated alkanes) is 1. The van der Waals surface area contributed by atoms with E-state index in [4.69, 9.17) is 16.7 Å². The maximum absolute atomic E-state index is 15.8. The molecule has 18 heteroatoms. The molecular formula is C44H40F4N8O5S. The van der Waals surface area contributed by atoms with Crippen molar-refractivity contribution in [2.24, 2.45) is 0 Å². The summed E-state index contributed by atoms with van der Waals surface area (Å²) in [6.45, 7) is 6.28. The van der Waals surface area contributed by atoms with Crippen molar-refractivity contribution in [1.29, 1.82) is 5.26 Å². The maximum Gasteiger partial charge on any atom is 0.417 e. The van der Waals surface area contributed by atoms with E-state index >= 15 is 4.39 Å². The topological polar surface area (TPSA) is 155 Å². The Balaban J connectivity index is 0.845. The Hall–Kier alpha value is -6.45. The Bertz CT molecular complexity index is 2710. The molecule has 3 aliphatic heterocycles. The first kappa shape index (κ1) is 42.2. The Morgan fingerprint density at radius 1 is 1.00 bits per heavy atom. The number of benzene rings is 4. The van der Waals surface area contributed by atoms with Gasteiger partial charge in [0.15, 0.2) is 10.7 Å². The standard InChI is InChI=1S/C44H40F4N8O5S/c1-43(2)41(60)55(26-10-9-25(24-49)31(22-26)44(46,47)48)42(62)56(43)27-11-14-34(32(45)23-27)54-20-18-53(19-21-54)17-4-3-8-36(57)50-33-7-5-6-29-28(33)12-15-35-38(29)39(52-61-35)30-13-16-37(58)51-40(30)59/h5-7,9-12,14-15,22-23,30H,3-4,8,13,16-21H2,1-2H3,(H,50,57)(H,51,58,59). The number of nitrogens with one attached hydrogen (secondary N) is 2. The number of alkyl halides is 3. The minimum absolute atomic E-state index is 0.124. The highest BCUT2D eigenvalue weighted by Crippen LogP contribution is 2.41. The zero-order chi connectivity index (χ0) is 44.1. The number of hydrogen-bond acceptors (Lipinski definition) is 10. The molecule has 0 aliphatic carbocycles. The lowest BCUT2D eigenvalue weighted by Gasteiger charge is -2.36. The molecule has 5 aromatic rings. The predicted molar refractivity (Wildman–Crippen MR) is 227 cm³/mol. The van der Waals surface area contributed by atoms with Gasteiger partial charge in [-0.05, 0) is 112 Å². The van der Waals surface area contributed by atoms with Gasteiger partial charge in [0.25, 0.3) is 5.91 Å². The van der Waals surface area contributed by atoms with Gasteiger partial charge in [-0.15, -0.1) is 0 Å². The van der Waals surface area contributed by atoms with E-state index in [1.54, 1.807) is 32.0 Å². The number of nitrogens with zero attached hydrogens (tertiary/aromatic N) is 6. The number of thiocarbonyl (C=S) groups is 1. The number of piperidine rings is 1. The van der Waals surface area contributed by atoms with Gasteiger partial charge >= 0.3 is 6.18 Å². The summed E-state index contributed by atoms with van der Waals surface area (Å²) in [6, 6.07) is 18.1. The van der Waals surface area contributed by atoms with Crippen molar-refractivity contribution >= 4 is 85.5 Å². The van der Waals surface area contributed by atoms with Crippen molar-refractivity contribution in [2.75, 3.05) is 52.7 Å². The molecule has 3 saturated heterocycles. The first-order valence-corrected chi connectivity index (χ1v) is 20.5. The van der Waals surface area contributed by atoms with Crippen LogP contribution in [0.15, 0.2) is 71.3 Å². The van der Waals surface area contributed by atoms with Crippen LogP contribution in [0, 0.1) is 17.1 Å². The normalized spacial score (nSPS) is 18.5. The van der Waals surface area contributed by atoms with Crippen molar-refractivity contribution in [2.45, 2.75) is 63.6 Å². The van der Waals surface area contributed by atoms with Gasteiger partial charge in [0.2, 0.25) is 17.7 Å². The SMILES string of the molecule is CC1(C)C(=O)N(c2ccc(C#N)c(C(F)(F)F)c2)C(=S)N1c1ccc(N2CCN(CCCCC(=O)Nc3cccc4c3ccc3onc(C5CCC(=O)NC5=O)c34)CC2)c(F)c1. The number of carbonyl (C=O) groups excluding carboxylic acids is 4. The fourth-order valence-corrected chi connectivity index (χ4v) is 9.04. The van der Waals surface area contributed by atoms with Crippen molar-refractivity contribution < 1.29 is 41.3 Å². The lowest BCUT2D eigenvalue weighted by Crippen LogP contribution is -2.47. The quantitative estimate of drug-likeness (QED) is 0.0626. The van der Waals surface area contributed by atoms with Gasteiger partial charge in [0, 0.05) is 55.8 Å². The minimum atomic E-state index is -4.84. The van der Waals surface area contributed by atoms with Crippen LogP contribution in [-0.2, 0) is 25.4 Å². The summed E-state index contributed by atoms with van der Waals surface area (Å²) in [6.07, 6.45) is -2.59. The van der Waals surface area contributed by atoms with Crippen LogP contribution in [0.4, 0.5) is 40.3 Å². The molecule has 320 valence electrons. The number of anilines is 4. The van der Waals surface area contributed by atoms with E-state index in [9.17, 15) is 37.6 Å². The van der Waals surface area contributed by atoms with Gasteiger partial charge in [0.1, 0.15) is 17.1 Å². The molecule has 0 radical (unpaired) electrons. The average Bonchev–Trinajstić information content (AvgIpc) is 3.74. The Labute approximate surface area is 358 Å². The van der Waals surface area contributed by atoms with Crippen LogP contribution in [-0.4, -0.2) is 77.1 Å². The predicted octanol–water partition coefficient (Wildman–Crippen LogP) is 7.38. The monoisotopic (exact) mass is 868 g/mol. The number of amides is 4. The molecule has 1 atom stereocenters. The molecular weight excluding hydrogens is 829 g/mol. The number of rotatable bonds is 10. The van der Waals surface area contributed by atoms with Crippen molar-refractivity contribution in [3.63, 3.8) is 0 Å². The highest BCUT2D eigenvalue weighted by Gasteiger charge is 2.51. The summed E-state index contributed by atoms with van der Waals surface area (Å²) in [5.74, 6) is -2.65. The number of imide groups is 1. The van der Waals surface area contributed by atoms with E-state index in [-0.39, 0.29) is 34.7 Å². The van der Waals surface area contributed by atoms with Gasteiger partial charge in [-0.2, -0.15) is 18.4 Å². The van der Waals surface area contributed by atoms with Crippen LogP contribution < -0.4 is 25.3 Å². The Morgan fingerprint density at radius 2 is 1.76 bits per heavy atom. The molecule has 0 bridgehead atoms. The second kappa shape index (κ2) is 16.4. The smallest absolute Gasteiger partial charge is 0.367 e. The molecule has 8 rings (SSSR count). The summed E-state index contributed by atoms with van der Waals surface area (Å²) in [5.41, 5.74) is -1.09. The van der Waals surface area contributed by atoms with E-state index in [0.717, 1.165) is 40.8 Å². The fraction of sp³-hybridized carbons (Fsp3) is 0.341. The van der Waals surface area contributed by atoms with E-state index in [1.807, 2.05) is 29.2 Å². The molecule has 4 heterocycles. The van der Waals surface area contributed by atoms with E-state index < -0.39 is 46.4 Å². The van der Waals surface area contributed by atoms with Crippen LogP contribution in [0.2, 0.25) is 0 Å². The van der Waals surface area contributed by atoms with Gasteiger partial charge in [-0.25, -0.2) is 4.39 Å². The fourth-order valence-electron chi connectivity index (χ4n) is 8.52. The number of aromatic nitrogens is 1. The van der Waals surface area contributed by atoms with Gasteiger partial charge < -0.3 is 19.6 Å². The third-order valence-corrected chi connectivity index (χ3v) is 12.1. The van der Waals surface area contributed by atoms with Crippen LogP contribution in [0.1, 0.15) is 68.7 Å². The summed E-state index contributed by atoms with van der Waals surface area (Å²) in [7, 11) is 0. The molecule has 3 fully saturated rings. The average molecular weight is 869 g/mol. The molecule has 0 spiro atoms. The Kier molecular flexibility index (Phi) is 11.2. The van der Waals surface area contributed by atoms with E-state index in [1.165, 1.54) is 23.1 Å². The molecule has 62 heavy (non-hydrogen) atoms. The number of nitriles is 1. The zero-order valence-electron chi connectivity index (χ0n) is 33.6. The third-order valence-electron chi connectivity index (χ3n) is 11.8. The largest absolute Gasteiger partial charge is 0.417 e. The minimum Gasteiger partial charge on any atom is -0.367 e. The lowest BCUT2D eigenvalue weighted by molar-refractivity contribution is -0.138. The molecule has 3 aliphatic rings. The van der Waals surface area contributed by atoms with Gasteiger partial charge in [-0.1, -0.05) is 17.3 Å². The number of carbonyl (C=O) groups is 4. The highest BCUT2D eigenvalue weighted by atomic mass is 32.1. The molecule has 2 N–H and O–H groups in total. The molecule has 13 nitrogen and oxygen atoms in total. The lowest BCUT2D eigenvalue weighted by atomic mass is 9.91. The van der Waals surface area contributed by atoms with Crippen molar-refractivity contribution in [3.05, 3.63) is 89.4 Å². The van der Waals surface area contributed by atoms with Crippen LogP contribution in [0.3, 0.4) is 0 Å².